The molecule has 2 aromatic carbocycles. The highest BCUT2D eigenvalue weighted by atomic mass is 16.2. The van der Waals surface area contributed by atoms with E-state index in [1.54, 1.807) is 0 Å². The van der Waals surface area contributed by atoms with E-state index >= 15 is 0 Å². The first-order valence-corrected chi connectivity index (χ1v) is 9.11. The van der Waals surface area contributed by atoms with Crippen molar-refractivity contribution in [3.63, 3.8) is 0 Å². The predicted octanol–water partition coefficient (Wildman–Crippen LogP) is 3.39. The number of anilines is 2. The number of hydrogen-bond acceptors (Lipinski definition) is 4. The molecule has 0 radical (unpaired) electrons. The molecule has 0 bridgehead atoms. The van der Waals surface area contributed by atoms with Gasteiger partial charge in [-0.3, -0.25) is 14.9 Å². The van der Waals surface area contributed by atoms with Crippen LogP contribution in [0.5, 0.6) is 0 Å². The number of carbonyl (C=O) groups is 2. The summed E-state index contributed by atoms with van der Waals surface area (Å²) in [5, 5.41) is 10.0. The van der Waals surface area contributed by atoms with Gasteiger partial charge in [0, 0.05) is 11.3 Å². The van der Waals surface area contributed by atoms with Crippen molar-refractivity contribution in [1.29, 1.82) is 0 Å². The standard InChI is InChI=1S/C21H21N5O2/c1-12-4-6-15(7-5-12)19-23-21-24-20(28)17(26(21)25-19)11-18(27)22-16-9-13(2)8-14(3)10-16/h4-10,17H,11H2,1-3H3,(H,22,27)(H,23,24,25,28)/t17-/m0/s1. The Kier molecular flexibility index (Phi) is 4.43. The number of amides is 2. The fourth-order valence-electron chi connectivity index (χ4n) is 3.37. The first-order chi connectivity index (χ1) is 13.4. The van der Waals surface area contributed by atoms with E-state index in [1.807, 2.05) is 63.2 Å². The summed E-state index contributed by atoms with van der Waals surface area (Å²) < 4.78 is 1.50. The second-order valence-electron chi connectivity index (χ2n) is 7.20. The Labute approximate surface area is 162 Å². The minimum Gasteiger partial charge on any atom is -0.326 e. The highest BCUT2D eigenvalue weighted by Gasteiger charge is 2.35. The van der Waals surface area contributed by atoms with E-state index in [1.165, 1.54) is 4.68 Å². The van der Waals surface area contributed by atoms with Crippen LogP contribution in [0.25, 0.3) is 11.4 Å². The number of aryl methyl sites for hydroxylation is 3. The van der Waals surface area contributed by atoms with Gasteiger partial charge in [0.05, 0.1) is 6.42 Å². The molecular weight excluding hydrogens is 354 g/mol. The van der Waals surface area contributed by atoms with Crippen molar-refractivity contribution in [3.8, 4) is 11.4 Å². The molecule has 3 aromatic rings. The van der Waals surface area contributed by atoms with Crippen molar-refractivity contribution in [2.75, 3.05) is 10.6 Å². The zero-order chi connectivity index (χ0) is 19.8. The van der Waals surface area contributed by atoms with Gasteiger partial charge in [0.25, 0.3) is 5.91 Å². The minimum atomic E-state index is -0.715. The molecule has 2 N–H and O–H groups in total. The van der Waals surface area contributed by atoms with Gasteiger partial charge in [0.15, 0.2) is 5.82 Å². The Morgan fingerprint density at radius 3 is 2.43 bits per heavy atom. The number of nitrogens with zero attached hydrogens (tertiary/aromatic N) is 3. The normalized spacial score (nSPS) is 15.2. The lowest BCUT2D eigenvalue weighted by Crippen LogP contribution is -2.23. The zero-order valence-electron chi connectivity index (χ0n) is 16.0. The van der Waals surface area contributed by atoms with Crippen LogP contribution in [-0.4, -0.2) is 26.6 Å². The molecule has 4 rings (SSSR count). The summed E-state index contributed by atoms with van der Waals surface area (Å²) in [4.78, 5) is 29.2. The summed E-state index contributed by atoms with van der Waals surface area (Å²) in [6.07, 6.45) is -0.0114. The molecule has 7 nitrogen and oxygen atoms in total. The molecule has 0 unspecified atom stereocenters. The van der Waals surface area contributed by atoms with Crippen LogP contribution < -0.4 is 10.6 Å². The Bertz CT molecular complexity index is 1050. The summed E-state index contributed by atoms with van der Waals surface area (Å²) in [6, 6.07) is 12.9. The fourth-order valence-corrected chi connectivity index (χ4v) is 3.37. The Hall–Kier alpha value is -3.48. The maximum atomic E-state index is 12.5. The van der Waals surface area contributed by atoms with E-state index in [0.717, 1.165) is 27.9 Å². The maximum Gasteiger partial charge on any atom is 0.252 e. The van der Waals surface area contributed by atoms with Crippen molar-refractivity contribution >= 4 is 23.5 Å². The van der Waals surface area contributed by atoms with E-state index in [4.69, 9.17) is 0 Å². The number of rotatable bonds is 4. The molecule has 0 aliphatic carbocycles. The molecule has 1 atom stereocenters. The van der Waals surface area contributed by atoms with Crippen LogP contribution in [0.1, 0.15) is 29.2 Å². The van der Waals surface area contributed by atoms with Crippen LogP contribution in [0.4, 0.5) is 11.6 Å². The molecule has 2 amide bonds. The molecule has 0 saturated heterocycles. The topological polar surface area (TPSA) is 88.9 Å². The molecule has 1 aliphatic rings. The predicted molar refractivity (Wildman–Crippen MR) is 107 cm³/mol. The summed E-state index contributed by atoms with van der Waals surface area (Å²) in [5.74, 6) is 0.367. The molecular formula is C21H21N5O2. The molecule has 0 spiro atoms. The Balaban J connectivity index is 1.52. The van der Waals surface area contributed by atoms with Crippen LogP contribution >= 0.6 is 0 Å². The van der Waals surface area contributed by atoms with Crippen molar-refractivity contribution < 1.29 is 9.59 Å². The van der Waals surface area contributed by atoms with E-state index in [2.05, 4.69) is 20.7 Å². The van der Waals surface area contributed by atoms with Gasteiger partial charge >= 0.3 is 0 Å². The lowest BCUT2D eigenvalue weighted by molar-refractivity contribution is -0.123. The smallest absolute Gasteiger partial charge is 0.252 e. The van der Waals surface area contributed by atoms with Crippen molar-refractivity contribution in [2.45, 2.75) is 33.2 Å². The SMILES string of the molecule is Cc1ccc(-c2nc3n(n2)[C@@H](CC(=O)Nc2cc(C)cc(C)c2)C(=O)N3)cc1. The number of fused-ring (bicyclic) bond motifs is 1. The van der Waals surface area contributed by atoms with Gasteiger partial charge in [-0.15, -0.1) is 5.10 Å². The average Bonchev–Trinajstić information content (AvgIpc) is 3.13. The van der Waals surface area contributed by atoms with Crippen LogP contribution in [0.15, 0.2) is 42.5 Å². The second kappa shape index (κ2) is 6.92. The van der Waals surface area contributed by atoms with Gasteiger partial charge in [-0.25, -0.2) is 4.68 Å². The number of nitrogens with one attached hydrogen (secondary N) is 2. The highest BCUT2D eigenvalue weighted by molar-refractivity contribution is 6.01. The Morgan fingerprint density at radius 1 is 1.07 bits per heavy atom. The zero-order valence-corrected chi connectivity index (χ0v) is 16.0. The third-order valence-electron chi connectivity index (χ3n) is 4.66. The van der Waals surface area contributed by atoms with Gasteiger partial charge < -0.3 is 5.32 Å². The van der Waals surface area contributed by atoms with E-state index in [-0.39, 0.29) is 18.2 Å². The number of carbonyl (C=O) groups excluding carboxylic acids is 2. The molecule has 0 saturated carbocycles. The maximum absolute atomic E-state index is 12.5. The third kappa shape index (κ3) is 3.51. The molecule has 28 heavy (non-hydrogen) atoms. The quantitative estimate of drug-likeness (QED) is 0.731. The second-order valence-corrected chi connectivity index (χ2v) is 7.20. The lowest BCUT2D eigenvalue weighted by atomic mass is 10.1. The van der Waals surface area contributed by atoms with Crippen LogP contribution in [-0.2, 0) is 9.59 Å². The largest absolute Gasteiger partial charge is 0.326 e. The van der Waals surface area contributed by atoms with E-state index in [0.29, 0.717) is 11.8 Å². The molecule has 1 aliphatic heterocycles. The summed E-state index contributed by atoms with van der Waals surface area (Å²) in [5.41, 5.74) is 4.86. The summed E-state index contributed by atoms with van der Waals surface area (Å²) >= 11 is 0. The van der Waals surface area contributed by atoms with Gasteiger partial charge in [-0.1, -0.05) is 35.9 Å². The first kappa shape index (κ1) is 17.9. The van der Waals surface area contributed by atoms with Gasteiger partial charge in [0.1, 0.15) is 6.04 Å². The third-order valence-corrected chi connectivity index (χ3v) is 4.66. The monoisotopic (exact) mass is 375 g/mol. The molecule has 142 valence electrons. The number of aromatic nitrogens is 3. The molecule has 0 fully saturated rings. The minimum absolute atomic E-state index is 0.0114. The Morgan fingerprint density at radius 2 is 1.75 bits per heavy atom. The first-order valence-electron chi connectivity index (χ1n) is 9.11. The van der Waals surface area contributed by atoms with Crippen LogP contribution in [0.3, 0.4) is 0 Å². The fraction of sp³-hybridized carbons (Fsp3) is 0.238. The highest BCUT2D eigenvalue weighted by Crippen LogP contribution is 2.28. The van der Waals surface area contributed by atoms with Crippen LogP contribution in [0.2, 0.25) is 0 Å². The van der Waals surface area contributed by atoms with E-state index < -0.39 is 6.04 Å². The van der Waals surface area contributed by atoms with Gasteiger partial charge in [0.2, 0.25) is 11.9 Å². The van der Waals surface area contributed by atoms with Crippen LogP contribution in [0, 0.1) is 20.8 Å². The van der Waals surface area contributed by atoms with Gasteiger partial charge in [-0.05, 0) is 44.0 Å². The number of hydrogen-bond donors (Lipinski definition) is 2. The number of benzene rings is 2. The van der Waals surface area contributed by atoms with Crippen molar-refractivity contribution in [1.82, 2.24) is 14.8 Å². The summed E-state index contributed by atoms with van der Waals surface area (Å²) in [6.45, 7) is 5.96. The molecule has 7 heteroatoms. The molecule has 2 heterocycles. The lowest BCUT2D eigenvalue weighted by Gasteiger charge is -2.11. The van der Waals surface area contributed by atoms with Gasteiger partial charge in [-0.2, -0.15) is 4.98 Å². The molecule has 1 aromatic heterocycles. The van der Waals surface area contributed by atoms with E-state index in [9.17, 15) is 9.59 Å². The van der Waals surface area contributed by atoms with Crippen molar-refractivity contribution in [3.05, 3.63) is 59.2 Å². The summed E-state index contributed by atoms with van der Waals surface area (Å²) in [7, 11) is 0. The average molecular weight is 375 g/mol. The van der Waals surface area contributed by atoms with Crippen molar-refractivity contribution in [2.24, 2.45) is 0 Å².